The van der Waals surface area contributed by atoms with E-state index in [9.17, 15) is 10.2 Å². The Kier molecular flexibility index (Phi) is 12.9. The smallest absolute Gasteiger partial charge is 0.144 e. The van der Waals surface area contributed by atoms with Crippen molar-refractivity contribution < 1.29 is 29.5 Å². The monoisotopic (exact) mass is 596 g/mol. The molecule has 4 atom stereocenters. The summed E-state index contributed by atoms with van der Waals surface area (Å²) in [5.74, 6) is 1.76. The van der Waals surface area contributed by atoms with E-state index >= 15 is 0 Å². The summed E-state index contributed by atoms with van der Waals surface area (Å²) in [7, 11) is 1.00. The number of fused-ring (bicyclic) bond motifs is 1. The maximum absolute atomic E-state index is 10.2. The molecule has 0 amide bonds. The van der Waals surface area contributed by atoms with Crippen LogP contribution in [0, 0.1) is 6.92 Å². The fraction of sp³-hybridized carbons (Fsp3) is 0.429. The molecule has 1 fully saturated rings. The maximum Gasteiger partial charge on any atom is 0.144 e. The molecule has 0 bridgehead atoms. The van der Waals surface area contributed by atoms with Crippen molar-refractivity contribution in [3.05, 3.63) is 106 Å². The van der Waals surface area contributed by atoms with Crippen molar-refractivity contribution in [2.75, 3.05) is 20.3 Å². The Hall–Kier alpha value is -2.87. The van der Waals surface area contributed by atoms with E-state index in [2.05, 4.69) is 32.0 Å². The van der Waals surface area contributed by atoms with Crippen LogP contribution in [0.4, 0.5) is 0 Å². The SMILES string of the molecule is C/C=C/C.CO.Cc1cccc2c1CC(C)(COc1ccc(Cc3cc(C4CC(O)CC(CO)O4)ccc3Cl)cc1)O2. The van der Waals surface area contributed by atoms with Crippen LogP contribution < -0.4 is 9.47 Å². The minimum Gasteiger partial charge on any atom is -0.489 e. The fourth-order valence-electron chi connectivity index (χ4n) is 5.17. The molecule has 0 aliphatic carbocycles. The zero-order valence-electron chi connectivity index (χ0n) is 25.3. The first-order chi connectivity index (χ1) is 20.2. The lowest BCUT2D eigenvalue weighted by molar-refractivity contribution is -0.113. The molecule has 0 spiro atoms. The summed E-state index contributed by atoms with van der Waals surface area (Å²) in [6, 6.07) is 20.1. The minimum absolute atomic E-state index is 0.0969. The number of halogens is 1. The number of hydrogen-bond acceptors (Lipinski definition) is 6. The van der Waals surface area contributed by atoms with Crippen LogP contribution in [0.1, 0.15) is 67.5 Å². The Morgan fingerprint density at radius 1 is 1.02 bits per heavy atom. The molecule has 1 saturated heterocycles. The van der Waals surface area contributed by atoms with Crippen molar-refractivity contribution in [3.63, 3.8) is 0 Å². The van der Waals surface area contributed by atoms with Gasteiger partial charge in [0.25, 0.3) is 0 Å². The molecule has 2 aliphatic rings. The van der Waals surface area contributed by atoms with Gasteiger partial charge in [-0.1, -0.05) is 60.2 Å². The van der Waals surface area contributed by atoms with E-state index in [1.807, 2.05) is 68.5 Å². The van der Waals surface area contributed by atoms with Crippen LogP contribution in [0.3, 0.4) is 0 Å². The van der Waals surface area contributed by atoms with Gasteiger partial charge in [0.05, 0.1) is 24.9 Å². The Balaban J connectivity index is 0.000000745. The predicted molar refractivity (Wildman–Crippen MR) is 169 cm³/mol. The molecule has 6 nitrogen and oxygen atoms in total. The average molecular weight is 597 g/mol. The summed E-state index contributed by atoms with van der Waals surface area (Å²) in [6.07, 6.45) is 5.38. The number of benzene rings is 3. The van der Waals surface area contributed by atoms with E-state index in [-0.39, 0.29) is 24.4 Å². The van der Waals surface area contributed by atoms with E-state index in [1.54, 1.807) is 0 Å². The lowest BCUT2D eigenvalue weighted by Crippen LogP contribution is -2.37. The summed E-state index contributed by atoms with van der Waals surface area (Å²) >= 11 is 6.52. The number of allylic oxidation sites excluding steroid dienone is 2. The maximum atomic E-state index is 10.2. The zero-order chi connectivity index (χ0) is 30.7. The second kappa shape index (κ2) is 16.1. The van der Waals surface area contributed by atoms with Gasteiger partial charge < -0.3 is 29.5 Å². The fourth-order valence-corrected chi connectivity index (χ4v) is 5.35. The third-order valence-electron chi connectivity index (χ3n) is 7.49. The Labute approximate surface area is 255 Å². The van der Waals surface area contributed by atoms with Crippen LogP contribution in [0.5, 0.6) is 11.5 Å². The van der Waals surface area contributed by atoms with Gasteiger partial charge in [-0.15, -0.1) is 0 Å². The van der Waals surface area contributed by atoms with E-state index in [0.29, 0.717) is 30.9 Å². The zero-order valence-corrected chi connectivity index (χ0v) is 26.1. The van der Waals surface area contributed by atoms with E-state index in [4.69, 9.17) is 30.9 Å². The van der Waals surface area contributed by atoms with Crippen molar-refractivity contribution in [3.8, 4) is 11.5 Å². The standard InChI is InChI=1S/C30H33ClO5.C4H8.CH4O/c1-19-4-3-5-28-26(19)16-30(2,36-28)18-34-24-9-6-20(7-10-24)12-22-13-21(8-11-27(22)31)29-15-23(33)14-25(17-32)35-29;1-3-4-2;1-2/h3-11,13,23,25,29,32-33H,12,14-18H2,1-2H3;3-4H,1-2H3;2H,1H3/b;4-3+;. The van der Waals surface area contributed by atoms with Crippen LogP contribution in [0.15, 0.2) is 72.8 Å². The van der Waals surface area contributed by atoms with E-state index in [0.717, 1.165) is 41.7 Å². The highest BCUT2D eigenvalue weighted by Crippen LogP contribution is 2.37. The second-order valence-corrected chi connectivity index (χ2v) is 11.4. The summed E-state index contributed by atoms with van der Waals surface area (Å²) in [5, 5.41) is 27.3. The lowest BCUT2D eigenvalue weighted by atomic mass is 9.94. The van der Waals surface area contributed by atoms with Gasteiger partial charge in [0.2, 0.25) is 0 Å². The first-order valence-corrected chi connectivity index (χ1v) is 14.9. The molecule has 2 heterocycles. The first-order valence-electron chi connectivity index (χ1n) is 14.5. The van der Waals surface area contributed by atoms with Crippen molar-refractivity contribution in [2.24, 2.45) is 0 Å². The molecule has 42 heavy (non-hydrogen) atoms. The Morgan fingerprint density at radius 3 is 2.38 bits per heavy atom. The summed E-state index contributed by atoms with van der Waals surface area (Å²) < 4.78 is 18.3. The molecule has 5 rings (SSSR count). The quantitative estimate of drug-likeness (QED) is 0.261. The van der Waals surface area contributed by atoms with E-state index < -0.39 is 6.10 Å². The third-order valence-corrected chi connectivity index (χ3v) is 7.86. The van der Waals surface area contributed by atoms with Crippen LogP contribution in [0.25, 0.3) is 0 Å². The Morgan fingerprint density at radius 2 is 1.74 bits per heavy atom. The number of aliphatic hydroxyl groups is 3. The van der Waals surface area contributed by atoms with Gasteiger partial charge in [0.1, 0.15) is 23.7 Å². The van der Waals surface area contributed by atoms with Crippen LogP contribution >= 0.6 is 11.6 Å². The number of rotatable bonds is 7. The topological polar surface area (TPSA) is 88.4 Å². The van der Waals surface area contributed by atoms with Gasteiger partial charge in [0, 0.05) is 37.0 Å². The molecule has 3 N–H and O–H groups in total. The molecule has 7 heteroatoms. The number of aryl methyl sites for hydroxylation is 1. The molecule has 3 aromatic carbocycles. The summed E-state index contributed by atoms with van der Waals surface area (Å²) in [6.45, 7) is 8.58. The van der Waals surface area contributed by atoms with Crippen molar-refractivity contribution in [1.82, 2.24) is 0 Å². The molecule has 0 saturated carbocycles. The molecule has 0 aromatic heterocycles. The highest BCUT2D eigenvalue weighted by Gasteiger charge is 2.36. The van der Waals surface area contributed by atoms with Crippen LogP contribution in [-0.4, -0.2) is 53.5 Å². The van der Waals surface area contributed by atoms with E-state index in [1.165, 1.54) is 11.1 Å². The molecule has 2 aliphatic heterocycles. The van der Waals surface area contributed by atoms with Gasteiger partial charge in [-0.3, -0.25) is 0 Å². The normalized spacial score (nSPS) is 22.7. The number of aliphatic hydroxyl groups excluding tert-OH is 3. The van der Waals surface area contributed by atoms with Crippen molar-refractivity contribution >= 4 is 11.6 Å². The second-order valence-electron chi connectivity index (χ2n) is 11.0. The van der Waals surface area contributed by atoms with Gasteiger partial charge in [0.15, 0.2) is 0 Å². The van der Waals surface area contributed by atoms with Crippen molar-refractivity contribution in [2.45, 2.75) is 77.3 Å². The number of hydrogen-bond donors (Lipinski definition) is 3. The molecular formula is C35H45ClO6. The average Bonchev–Trinajstić information content (AvgIpc) is 3.36. The van der Waals surface area contributed by atoms with Crippen molar-refractivity contribution in [1.29, 1.82) is 0 Å². The van der Waals surface area contributed by atoms with Gasteiger partial charge >= 0.3 is 0 Å². The summed E-state index contributed by atoms with van der Waals surface area (Å²) in [4.78, 5) is 0. The molecule has 4 unspecified atom stereocenters. The summed E-state index contributed by atoms with van der Waals surface area (Å²) in [5.41, 5.74) is 5.20. The van der Waals surface area contributed by atoms with Gasteiger partial charge in [-0.25, -0.2) is 0 Å². The first kappa shape index (κ1) is 33.6. The number of ether oxygens (including phenoxy) is 3. The highest BCUT2D eigenvalue weighted by atomic mass is 35.5. The largest absolute Gasteiger partial charge is 0.489 e. The molecule has 228 valence electrons. The lowest BCUT2D eigenvalue weighted by Gasteiger charge is -2.32. The van der Waals surface area contributed by atoms with Gasteiger partial charge in [-0.2, -0.15) is 0 Å². The van der Waals surface area contributed by atoms with Crippen LogP contribution in [-0.2, 0) is 17.6 Å². The molecule has 3 aromatic rings. The molecule has 0 radical (unpaired) electrons. The van der Waals surface area contributed by atoms with Gasteiger partial charge in [-0.05, 0) is 80.6 Å². The highest BCUT2D eigenvalue weighted by molar-refractivity contribution is 6.31. The van der Waals surface area contributed by atoms with Crippen LogP contribution in [0.2, 0.25) is 5.02 Å². The molecular weight excluding hydrogens is 552 g/mol. The predicted octanol–water partition coefficient (Wildman–Crippen LogP) is 6.78. The minimum atomic E-state index is -0.484. The Bertz CT molecular complexity index is 1290. The third kappa shape index (κ3) is 9.06.